The Hall–Kier alpha value is -1.03. The molecule has 12 heteroatoms. The first-order chi connectivity index (χ1) is 8.19. The molecule has 0 saturated carbocycles. The molecule has 0 aliphatic carbocycles. The number of carbonyl (C=O) groups is 1. The summed E-state index contributed by atoms with van der Waals surface area (Å²) in [6.07, 6.45) is -5.92. The van der Waals surface area contributed by atoms with E-state index in [1.54, 1.807) is 0 Å². The molecule has 0 heterocycles. The van der Waals surface area contributed by atoms with Crippen LogP contribution in [0.25, 0.3) is 10.4 Å². The third-order valence-electron chi connectivity index (χ3n) is 1.74. The lowest BCUT2D eigenvalue weighted by Gasteiger charge is -2.29. The summed E-state index contributed by atoms with van der Waals surface area (Å²) in [6.45, 7) is -1.87. The van der Waals surface area contributed by atoms with Gasteiger partial charge in [-0.1, -0.05) is 5.11 Å². The molecule has 0 saturated heterocycles. The Morgan fingerprint density at radius 2 is 2.00 bits per heavy atom. The van der Waals surface area contributed by atoms with E-state index in [-0.39, 0.29) is 0 Å². The number of Topliss-reactive ketones (excluding diaryl/α,β-unsaturated/α-hetero) is 1. The van der Waals surface area contributed by atoms with Gasteiger partial charge >= 0.3 is 0 Å². The Kier molecular flexibility index (Phi) is 6.99. The van der Waals surface area contributed by atoms with E-state index >= 15 is 0 Å². The summed E-state index contributed by atoms with van der Waals surface area (Å²) in [4.78, 5) is 33.4. The van der Waals surface area contributed by atoms with Gasteiger partial charge in [0.05, 0.1) is 20.5 Å². The Bertz CT molecular complexity index is 377. The highest BCUT2D eigenvalue weighted by molar-refractivity contribution is 7.43. The van der Waals surface area contributed by atoms with E-state index in [2.05, 4.69) is 14.5 Å². The Morgan fingerprint density at radius 1 is 1.44 bits per heavy atom. The monoisotopic (exact) mass is 283 g/mol. The van der Waals surface area contributed by atoms with Gasteiger partial charge in [0, 0.05) is 4.91 Å². The minimum atomic E-state index is -5.37. The summed E-state index contributed by atoms with van der Waals surface area (Å²) in [5, 5.41) is 30.5. The van der Waals surface area contributed by atoms with Crippen molar-refractivity contribution in [2.75, 3.05) is 13.2 Å². The smallest absolute Gasteiger partial charge is 0.189 e. The molecule has 3 unspecified atom stereocenters. The van der Waals surface area contributed by atoms with E-state index in [4.69, 9.17) is 10.6 Å². The molecule has 18 heavy (non-hydrogen) atoms. The molecule has 3 atom stereocenters. The van der Waals surface area contributed by atoms with E-state index in [9.17, 15) is 29.4 Å². The quantitative estimate of drug-likeness (QED) is 0.179. The number of aliphatic hydroxyl groups is 3. The van der Waals surface area contributed by atoms with Gasteiger partial charge in [0.15, 0.2) is 5.78 Å². The SMILES string of the molecule is [N-]=[N+]=NCC(O)C(O)C(O)C(=O)COP(=O)([O-])[O-]. The lowest BCUT2D eigenvalue weighted by atomic mass is 10.1. The molecule has 0 aromatic heterocycles. The van der Waals surface area contributed by atoms with Crippen molar-refractivity contribution in [3.63, 3.8) is 0 Å². The maximum Gasteiger partial charge on any atom is 0.189 e. The molecule has 0 aliphatic rings. The Morgan fingerprint density at radius 3 is 2.44 bits per heavy atom. The van der Waals surface area contributed by atoms with Crippen molar-refractivity contribution in [1.29, 1.82) is 0 Å². The molecule has 0 spiro atoms. The molecular formula is C6H10N3O8P-2. The van der Waals surface area contributed by atoms with Crippen LogP contribution in [0.4, 0.5) is 0 Å². The van der Waals surface area contributed by atoms with Crippen LogP contribution in [0.2, 0.25) is 0 Å². The minimum Gasteiger partial charge on any atom is -0.790 e. The predicted octanol–water partition coefficient (Wildman–Crippen LogP) is -3.21. The zero-order valence-electron chi connectivity index (χ0n) is 8.82. The molecule has 0 amide bonds. The minimum absolute atomic E-state index is 0.607. The first-order valence-corrected chi connectivity index (χ1v) is 5.89. The van der Waals surface area contributed by atoms with Crippen LogP contribution in [0.5, 0.6) is 0 Å². The molecular weight excluding hydrogens is 273 g/mol. The van der Waals surface area contributed by atoms with Crippen molar-refractivity contribution in [3.8, 4) is 0 Å². The highest BCUT2D eigenvalue weighted by Crippen LogP contribution is 2.24. The number of ketones is 1. The first-order valence-electron chi connectivity index (χ1n) is 4.43. The summed E-state index contributed by atoms with van der Waals surface area (Å²) in [7, 11) is -5.37. The molecule has 11 nitrogen and oxygen atoms in total. The fraction of sp³-hybridized carbons (Fsp3) is 0.833. The van der Waals surface area contributed by atoms with Gasteiger partial charge in [0.25, 0.3) is 0 Å². The van der Waals surface area contributed by atoms with Gasteiger partial charge in [-0.3, -0.25) is 4.79 Å². The molecule has 0 aromatic carbocycles. The van der Waals surface area contributed by atoms with E-state index in [1.807, 2.05) is 0 Å². The van der Waals surface area contributed by atoms with E-state index < -0.39 is 45.1 Å². The topological polar surface area (TPSA) is 199 Å². The molecule has 0 rings (SSSR count). The zero-order valence-corrected chi connectivity index (χ0v) is 9.71. The van der Waals surface area contributed by atoms with E-state index in [0.717, 1.165) is 0 Å². The van der Waals surface area contributed by atoms with Crippen LogP contribution in [-0.2, 0) is 13.9 Å². The van der Waals surface area contributed by atoms with Gasteiger partial charge in [-0.15, -0.1) is 0 Å². The number of hydrogen-bond acceptors (Lipinski definition) is 9. The van der Waals surface area contributed by atoms with Crippen LogP contribution in [0.15, 0.2) is 5.11 Å². The predicted molar refractivity (Wildman–Crippen MR) is 50.6 cm³/mol. The first kappa shape index (κ1) is 17.0. The lowest BCUT2D eigenvalue weighted by molar-refractivity contribution is -0.341. The third kappa shape index (κ3) is 6.64. The molecule has 0 aromatic rings. The molecule has 0 radical (unpaired) electrons. The Labute approximate surface area is 100 Å². The number of phosphoric ester groups is 1. The van der Waals surface area contributed by atoms with Gasteiger partial charge in [0.1, 0.15) is 18.8 Å². The fourth-order valence-electron chi connectivity index (χ4n) is 0.857. The second kappa shape index (κ2) is 7.41. The molecule has 0 bridgehead atoms. The molecule has 3 N–H and O–H groups in total. The number of phosphoric acid groups is 1. The van der Waals surface area contributed by atoms with Gasteiger partial charge < -0.3 is 34.2 Å². The number of rotatable bonds is 8. The summed E-state index contributed by atoms with van der Waals surface area (Å²) in [5.41, 5.74) is 7.93. The number of nitrogens with zero attached hydrogens (tertiary/aromatic N) is 3. The van der Waals surface area contributed by atoms with Crippen LogP contribution in [0.1, 0.15) is 0 Å². The van der Waals surface area contributed by atoms with Crippen molar-refractivity contribution >= 4 is 13.6 Å². The van der Waals surface area contributed by atoms with Crippen molar-refractivity contribution < 1.29 is 39.0 Å². The largest absolute Gasteiger partial charge is 0.790 e. The highest BCUT2D eigenvalue weighted by atomic mass is 31.2. The number of hydrogen-bond donors (Lipinski definition) is 3. The standard InChI is InChI=1S/C6H12N3O8P/c7-9-8-1-3(10)5(12)6(13)4(11)2-17-18(14,15)16/h3,5-6,10,12-13H,1-2H2,(H2,14,15,16)/p-2. The van der Waals surface area contributed by atoms with Crippen molar-refractivity contribution in [2.45, 2.75) is 18.3 Å². The van der Waals surface area contributed by atoms with Crippen LogP contribution < -0.4 is 9.79 Å². The average molecular weight is 283 g/mol. The summed E-state index contributed by atoms with van der Waals surface area (Å²) >= 11 is 0. The van der Waals surface area contributed by atoms with Crippen LogP contribution in [0, 0.1) is 0 Å². The van der Waals surface area contributed by atoms with E-state index in [0.29, 0.717) is 0 Å². The van der Waals surface area contributed by atoms with Gasteiger partial charge in [-0.05, 0) is 5.53 Å². The van der Waals surface area contributed by atoms with Gasteiger partial charge in [0.2, 0.25) is 0 Å². The van der Waals surface area contributed by atoms with Gasteiger partial charge in [-0.2, -0.15) is 0 Å². The Balaban J connectivity index is 4.35. The summed E-state index contributed by atoms with van der Waals surface area (Å²) in [6, 6.07) is 0. The second-order valence-corrected chi connectivity index (χ2v) is 4.26. The van der Waals surface area contributed by atoms with E-state index in [1.165, 1.54) is 0 Å². The average Bonchev–Trinajstić information content (AvgIpc) is 2.29. The molecule has 0 fully saturated rings. The van der Waals surface area contributed by atoms with Crippen molar-refractivity contribution in [3.05, 3.63) is 10.4 Å². The summed E-state index contributed by atoms with van der Waals surface area (Å²) < 4.78 is 13.6. The molecule has 104 valence electrons. The summed E-state index contributed by atoms with van der Waals surface area (Å²) in [5.74, 6) is -1.32. The zero-order chi connectivity index (χ0) is 14.3. The normalized spacial score (nSPS) is 16.5. The van der Waals surface area contributed by atoms with Gasteiger partial charge in [-0.25, -0.2) is 0 Å². The van der Waals surface area contributed by atoms with Crippen LogP contribution in [-0.4, -0.2) is 52.6 Å². The highest BCUT2D eigenvalue weighted by Gasteiger charge is 2.29. The van der Waals surface area contributed by atoms with Crippen molar-refractivity contribution in [2.24, 2.45) is 5.11 Å². The van der Waals surface area contributed by atoms with Crippen LogP contribution in [0.3, 0.4) is 0 Å². The maximum atomic E-state index is 11.1. The number of azide groups is 1. The lowest BCUT2D eigenvalue weighted by Crippen LogP contribution is -2.45. The van der Waals surface area contributed by atoms with Crippen LogP contribution >= 0.6 is 7.82 Å². The second-order valence-electron chi connectivity index (χ2n) is 3.10. The third-order valence-corrected chi connectivity index (χ3v) is 2.19. The fourth-order valence-corrected chi connectivity index (χ4v) is 1.14. The molecule has 0 aliphatic heterocycles. The van der Waals surface area contributed by atoms with Crippen molar-refractivity contribution in [1.82, 2.24) is 0 Å². The number of carbonyl (C=O) groups excluding carboxylic acids is 1. The maximum absolute atomic E-state index is 11.1. The number of aliphatic hydroxyl groups excluding tert-OH is 3.